The molecule has 28 heavy (non-hydrogen) atoms. The van der Waals surface area contributed by atoms with E-state index in [4.69, 9.17) is 15.9 Å². The minimum Gasteiger partial charge on any atom is -0.398 e. The van der Waals surface area contributed by atoms with Crippen LogP contribution in [0.4, 0.5) is 22.7 Å². The number of aliphatic hydroxyl groups is 4. The number of rotatable bonds is 12. The Morgan fingerprint density at radius 2 is 1.64 bits per heavy atom. The van der Waals surface area contributed by atoms with Gasteiger partial charge in [0.25, 0.3) is 0 Å². The van der Waals surface area contributed by atoms with Crippen LogP contribution in [-0.4, -0.2) is 59.6 Å². The van der Waals surface area contributed by atoms with Gasteiger partial charge in [0.2, 0.25) is 0 Å². The molecule has 0 saturated carbocycles. The van der Waals surface area contributed by atoms with E-state index in [0.29, 0.717) is 31.9 Å². The first kappa shape index (κ1) is 21.8. The third kappa shape index (κ3) is 6.90. The highest BCUT2D eigenvalue weighted by Crippen LogP contribution is 2.22. The highest BCUT2D eigenvalue weighted by Gasteiger charge is 2.07. The van der Waals surface area contributed by atoms with Crippen LogP contribution >= 0.6 is 0 Å². The molecule has 0 heterocycles. The molecule has 0 aromatic heterocycles. The Kier molecular flexibility index (Phi) is 8.83. The second kappa shape index (κ2) is 11.4. The van der Waals surface area contributed by atoms with Crippen LogP contribution < -0.4 is 21.3 Å². The number of hydrogen-bond donors (Lipinski definition) is 7. The van der Waals surface area contributed by atoms with E-state index in [0.717, 1.165) is 22.6 Å². The maximum Gasteiger partial charge on any atom is 0.153 e. The molecule has 8 N–H and O–H groups in total. The molecule has 8 nitrogen and oxygen atoms in total. The van der Waals surface area contributed by atoms with Gasteiger partial charge < -0.3 is 41.7 Å². The van der Waals surface area contributed by atoms with Gasteiger partial charge in [-0.3, -0.25) is 0 Å². The van der Waals surface area contributed by atoms with Crippen LogP contribution in [0, 0.1) is 0 Å². The molecule has 0 saturated heterocycles. The number of nitrogens with two attached hydrogens (primary N) is 1. The average Bonchev–Trinajstić information content (AvgIpc) is 2.68. The van der Waals surface area contributed by atoms with Crippen LogP contribution in [0.3, 0.4) is 0 Å². The molecular weight excluding hydrogens is 360 g/mol. The van der Waals surface area contributed by atoms with E-state index in [1.54, 1.807) is 0 Å². The molecule has 2 aromatic rings. The van der Waals surface area contributed by atoms with Gasteiger partial charge in [-0.2, -0.15) is 0 Å². The van der Waals surface area contributed by atoms with Crippen molar-refractivity contribution >= 4 is 22.7 Å². The molecule has 2 aromatic carbocycles. The lowest BCUT2D eigenvalue weighted by Gasteiger charge is -2.23. The molecule has 154 valence electrons. The van der Waals surface area contributed by atoms with Gasteiger partial charge in [0.15, 0.2) is 6.29 Å². The minimum absolute atomic E-state index is 0.0152. The van der Waals surface area contributed by atoms with Gasteiger partial charge in [0.05, 0.1) is 13.2 Å². The lowest BCUT2D eigenvalue weighted by atomic mass is 10.1. The molecule has 0 aliphatic carbocycles. The number of anilines is 4. The first-order chi connectivity index (χ1) is 13.5. The van der Waals surface area contributed by atoms with E-state index in [2.05, 4.69) is 10.6 Å². The minimum atomic E-state index is -1.33. The number of hydrogen-bond acceptors (Lipinski definition) is 8. The normalized spacial score (nSPS) is 10.9. The summed E-state index contributed by atoms with van der Waals surface area (Å²) in [5.74, 6) is 0. The molecule has 2 rings (SSSR count). The predicted molar refractivity (Wildman–Crippen MR) is 112 cm³/mol. The quantitative estimate of drug-likeness (QED) is 0.209. The summed E-state index contributed by atoms with van der Waals surface area (Å²) in [4.78, 5) is 1.92. The second-order valence-corrected chi connectivity index (χ2v) is 6.45. The van der Waals surface area contributed by atoms with E-state index in [9.17, 15) is 10.2 Å². The van der Waals surface area contributed by atoms with Crippen molar-refractivity contribution in [1.29, 1.82) is 0 Å². The number of nitrogens with zero attached hydrogens (tertiary/aromatic N) is 1. The van der Waals surface area contributed by atoms with Crippen molar-refractivity contribution in [3.63, 3.8) is 0 Å². The summed E-state index contributed by atoms with van der Waals surface area (Å²) in [6.07, 6.45) is -1.09. The molecule has 0 aliphatic rings. The summed E-state index contributed by atoms with van der Waals surface area (Å²) in [5, 5.41) is 42.7. The molecule has 0 atom stereocenters. The summed E-state index contributed by atoms with van der Waals surface area (Å²) in [5.41, 5.74) is 10.3. The number of benzene rings is 2. The summed E-state index contributed by atoms with van der Waals surface area (Å²) < 4.78 is 0. The van der Waals surface area contributed by atoms with E-state index < -0.39 is 6.29 Å². The lowest BCUT2D eigenvalue weighted by molar-refractivity contribution is -0.0423. The third-order valence-corrected chi connectivity index (χ3v) is 4.31. The van der Waals surface area contributed by atoms with Gasteiger partial charge in [-0.1, -0.05) is 6.07 Å². The second-order valence-electron chi connectivity index (χ2n) is 6.45. The topological polar surface area (TPSA) is 134 Å². The zero-order valence-corrected chi connectivity index (χ0v) is 15.9. The molecule has 0 bridgehead atoms. The van der Waals surface area contributed by atoms with Gasteiger partial charge >= 0.3 is 0 Å². The van der Waals surface area contributed by atoms with Crippen LogP contribution in [0.1, 0.15) is 12.0 Å². The Hall–Kier alpha value is -2.52. The lowest BCUT2D eigenvalue weighted by Crippen LogP contribution is -2.29. The molecule has 0 amide bonds. The smallest absolute Gasteiger partial charge is 0.153 e. The highest BCUT2D eigenvalue weighted by molar-refractivity contribution is 5.61. The SMILES string of the molecule is Nc1ccc(NCCC(O)O)cc1CNc1cccc(N(CCO)CCO)c1. The molecule has 8 heteroatoms. The standard InChI is InChI=1S/C20H30N4O4/c21-19-5-4-17(22-7-6-20(27)28)12-15(19)14-23-16-2-1-3-18(13-16)24(8-10-25)9-11-26/h1-5,12-13,20,22-23,25-28H,6-11,14,21H2. The fourth-order valence-electron chi connectivity index (χ4n) is 2.84. The van der Waals surface area contributed by atoms with Crippen molar-refractivity contribution in [2.24, 2.45) is 0 Å². The van der Waals surface area contributed by atoms with Crippen molar-refractivity contribution in [3.8, 4) is 0 Å². The zero-order chi connectivity index (χ0) is 20.4. The van der Waals surface area contributed by atoms with E-state index >= 15 is 0 Å². The average molecular weight is 390 g/mol. The van der Waals surface area contributed by atoms with Crippen LogP contribution in [0.2, 0.25) is 0 Å². The van der Waals surface area contributed by atoms with Crippen LogP contribution in [0.25, 0.3) is 0 Å². The van der Waals surface area contributed by atoms with Crippen LogP contribution in [0.5, 0.6) is 0 Å². The van der Waals surface area contributed by atoms with Crippen LogP contribution in [-0.2, 0) is 6.54 Å². The van der Waals surface area contributed by atoms with E-state index in [1.807, 2.05) is 47.4 Å². The first-order valence-electron chi connectivity index (χ1n) is 9.32. The molecule has 0 radical (unpaired) electrons. The number of nitrogens with one attached hydrogen (secondary N) is 2. The fourth-order valence-corrected chi connectivity index (χ4v) is 2.84. The molecule has 0 unspecified atom stereocenters. The summed E-state index contributed by atoms with van der Waals surface area (Å²) in [6, 6.07) is 13.4. The monoisotopic (exact) mass is 390 g/mol. The largest absolute Gasteiger partial charge is 0.398 e. The van der Waals surface area contributed by atoms with Crippen molar-refractivity contribution in [3.05, 3.63) is 48.0 Å². The highest BCUT2D eigenvalue weighted by atomic mass is 16.5. The van der Waals surface area contributed by atoms with Crippen molar-refractivity contribution in [2.45, 2.75) is 19.3 Å². The summed E-state index contributed by atoms with van der Waals surface area (Å²) in [6.45, 7) is 1.90. The van der Waals surface area contributed by atoms with Gasteiger partial charge in [0, 0.05) is 55.3 Å². The Labute approximate surface area is 165 Å². The Bertz CT molecular complexity index is 721. The Morgan fingerprint density at radius 1 is 0.929 bits per heavy atom. The van der Waals surface area contributed by atoms with Gasteiger partial charge in [-0.25, -0.2) is 0 Å². The van der Waals surface area contributed by atoms with Gasteiger partial charge in [0.1, 0.15) is 0 Å². The third-order valence-electron chi connectivity index (χ3n) is 4.31. The molecular formula is C20H30N4O4. The molecule has 0 aliphatic heterocycles. The van der Waals surface area contributed by atoms with E-state index in [-0.39, 0.29) is 19.6 Å². The number of aliphatic hydroxyl groups excluding tert-OH is 3. The van der Waals surface area contributed by atoms with E-state index in [1.165, 1.54) is 0 Å². The van der Waals surface area contributed by atoms with Gasteiger partial charge in [-0.05, 0) is 42.0 Å². The van der Waals surface area contributed by atoms with Crippen molar-refractivity contribution in [1.82, 2.24) is 0 Å². The summed E-state index contributed by atoms with van der Waals surface area (Å²) in [7, 11) is 0. The Balaban J connectivity index is 2.02. The Morgan fingerprint density at radius 3 is 2.32 bits per heavy atom. The summed E-state index contributed by atoms with van der Waals surface area (Å²) >= 11 is 0. The van der Waals surface area contributed by atoms with Crippen molar-refractivity contribution in [2.75, 3.05) is 54.1 Å². The number of nitrogen functional groups attached to an aromatic ring is 1. The maximum absolute atomic E-state index is 9.21. The maximum atomic E-state index is 9.21. The van der Waals surface area contributed by atoms with Gasteiger partial charge in [-0.15, -0.1) is 0 Å². The predicted octanol–water partition coefficient (Wildman–Crippen LogP) is 0.785. The van der Waals surface area contributed by atoms with Crippen LogP contribution in [0.15, 0.2) is 42.5 Å². The van der Waals surface area contributed by atoms with Crippen molar-refractivity contribution < 1.29 is 20.4 Å². The fraction of sp³-hybridized carbons (Fsp3) is 0.400. The molecule has 0 fully saturated rings. The zero-order valence-electron chi connectivity index (χ0n) is 15.9. The first-order valence-corrected chi connectivity index (χ1v) is 9.32. The molecule has 0 spiro atoms.